The highest BCUT2D eigenvalue weighted by Gasteiger charge is 2.25. The Morgan fingerprint density at radius 3 is 2.41 bits per heavy atom. The summed E-state index contributed by atoms with van der Waals surface area (Å²) in [6.07, 6.45) is 1.54. The van der Waals surface area contributed by atoms with Gasteiger partial charge in [-0.2, -0.15) is 0 Å². The van der Waals surface area contributed by atoms with Crippen LogP contribution in [0.3, 0.4) is 0 Å². The second-order valence-electron chi connectivity index (χ2n) is 7.42. The van der Waals surface area contributed by atoms with Crippen LogP contribution in [0.25, 0.3) is 10.9 Å². The number of carbonyl (C=O) groups is 1. The third-order valence-electron chi connectivity index (χ3n) is 5.62. The van der Waals surface area contributed by atoms with Crippen LogP contribution in [0.1, 0.15) is 23.2 Å². The maximum Gasteiger partial charge on any atom is 0.328 e. The maximum atomic E-state index is 12.7. The number of hydrogen-bond acceptors (Lipinski definition) is 4. The van der Waals surface area contributed by atoms with Gasteiger partial charge in [0, 0.05) is 29.6 Å². The predicted molar refractivity (Wildman–Crippen MR) is 114 cm³/mol. The minimum absolute atomic E-state index is 0.000723. The van der Waals surface area contributed by atoms with Crippen molar-refractivity contribution in [2.45, 2.75) is 19.4 Å². The van der Waals surface area contributed by atoms with Crippen LogP contribution in [0.2, 0.25) is 5.02 Å². The summed E-state index contributed by atoms with van der Waals surface area (Å²) in [5.41, 5.74) is 0.598. The van der Waals surface area contributed by atoms with E-state index >= 15 is 0 Å². The number of hydrogen-bond donors (Lipinski definition) is 1. The number of likely N-dealkylation sites (tertiary alicyclic amines) is 1. The van der Waals surface area contributed by atoms with Crippen LogP contribution in [0, 0.1) is 5.92 Å². The third-order valence-corrected chi connectivity index (χ3v) is 5.87. The van der Waals surface area contributed by atoms with Crippen LogP contribution in [-0.4, -0.2) is 39.9 Å². The molecule has 1 N–H and O–H groups in total. The zero-order chi connectivity index (χ0) is 20.4. The molecular formula is C22H22ClN3O3. The Kier molecular flexibility index (Phi) is 5.65. The Morgan fingerprint density at radius 1 is 1.00 bits per heavy atom. The Hall–Kier alpha value is -2.70. The van der Waals surface area contributed by atoms with Gasteiger partial charge in [-0.1, -0.05) is 23.7 Å². The van der Waals surface area contributed by atoms with Crippen molar-refractivity contribution >= 4 is 28.3 Å². The van der Waals surface area contributed by atoms with E-state index in [1.165, 1.54) is 4.57 Å². The van der Waals surface area contributed by atoms with Crippen LogP contribution >= 0.6 is 11.6 Å². The van der Waals surface area contributed by atoms with Gasteiger partial charge < -0.3 is 9.88 Å². The number of carbonyl (C=O) groups excluding carboxylic acids is 1. The van der Waals surface area contributed by atoms with Crippen molar-refractivity contribution in [1.29, 1.82) is 0 Å². The van der Waals surface area contributed by atoms with Crippen molar-refractivity contribution in [3.05, 3.63) is 80.0 Å². The van der Waals surface area contributed by atoms with E-state index in [4.69, 9.17) is 11.6 Å². The SMILES string of the molecule is O=C(c1ccc(Cl)cc1)C1CCN(CCn2c(=O)[nH]c3ccccc3c2=O)CC1. The van der Waals surface area contributed by atoms with Crippen molar-refractivity contribution in [1.82, 2.24) is 14.5 Å². The number of benzene rings is 2. The van der Waals surface area contributed by atoms with E-state index < -0.39 is 0 Å². The lowest BCUT2D eigenvalue weighted by Crippen LogP contribution is -2.42. The minimum Gasteiger partial charge on any atom is -0.307 e. The highest BCUT2D eigenvalue weighted by molar-refractivity contribution is 6.30. The molecule has 0 aliphatic carbocycles. The van der Waals surface area contributed by atoms with E-state index in [1.807, 2.05) is 0 Å². The first kappa shape index (κ1) is 19.6. The number of H-pyrrole nitrogens is 1. The van der Waals surface area contributed by atoms with Crippen LogP contribution in [-0.2, 0) is 6.54 Å². The molecule has 1 fully saturated rings. The van der Waals surface area contributed by atoms with E-state index in [9.17, 15) is 14.4 Å². The number of Topliss-reactive ketones (excluding diaryl/α,β-unsaturated/α-hetero) is 1. The number of para-hydroxylation sites is 1. The van der Waals surface area contributed by atoms with E-state index in [0.717, 1.165) is 25.9 Å². The highest BCUT2D eigenvalue weighted by atomic mass is 35.5. The number of nitrogens with one attached hydrogen (secondary N) is 1. The monoisotopic (exact) mass is 411 g/mol. The first-order valence-electron chi connectivity index (χ1n) is 9.77. The number of piperidine rings is 1. The summed E-state index contributed by atoms with van der Waals surface area (Å²) >= 11 is 5.89. The van der Waals surface area contributed by atoms with Gasteiger partial charge in [0.15, 0.2) is 5.78 Å². The molecule has 0 saturated carbocycles. The van der Waals surface area contributed by atoms with E-state index in [2.05, 4.69) is 9.88 Å². The molecule has 1 aromatic heterocycles. The molecule has 1 aliphatic rings. The number of ketones is 1. The highest BCUT2D eigenvalue weighted by Crippen LogP contribution is 2.22. The second-order valence-corrected chi connectivity index (χ2v) is 7.86. The number of aromatic nitrogens is 2. The first-order chi connectivity index (χ1) is 14.0. The topological polar surface area (TPSA) is 75.2 Å². The van der Waals surface area contributed by atoms with Gasteiger partial charge in [-0.3, -0.25) is 14.2 Å². The van der Waals surface area contributed by atoms with Gasteiger partial charge in [-0.25, -0.2) is 4.79 Å². The molecule has 150 valence electrons. The largest absolute Gasteiger partial charge is 0.328 e. The fraction of sp³-hybridized carbons (Fsp3) is 0.318. The van der Waals surface area contributed by atoms with E-state index in [1.54, 1.807) is 48.5 Å². The van der Waals surface area contributed by atoms with Gasteiger partial charge in [0.05, 0.1) is 10.9 Å². The molecule has 0 unspecified atom stereocenters. The third kappa shape index (κ3) is 4.18. The number of rotatable bonds is 5. The van der Waals surface area contributed by atoms with Gasteiger partial charge in [0.1, 0.15) is 0 Å². The molecule has 6 nitrogen and oxygen atoms in total. The molecule has 1 saturated heterocycles. The molecule has 2 heterocycles. The lowest BCUT2D eigenvalue weighted by molar-refractivity contribution is 0.0837. The van der Waals surface area contributed by atoms with Crippen molar-refractivity contribution in [3.63, 3.8) is 0 Å². The normalized spacial score (nSPS) is 15.6. The molecule has 3 aromatic rings. The average molecular weight is 412 g/mol. The quantitative estimate of drug-likeness (QED) is 0.655. The summed E-state index contributed by atoms with van der Waals surface area (Å²) in [6, 6.07) is 14.0. The molecule has 0 radical (unpaired) electrons. The number of nitrogens with zero attached hydrogens (tertiary/aromatic N) is 2. The van der Waals surface area contributed by atoms with E-state index in [-0.39, 0.29) is 23.0 Å². The smallest absolute Gasteiger partial charge is 0.307 e. The molecule has 7 heteroatoms. The molecule has 0 bridgehead atoms. The summed E-state index contributed by atoms with van der Waals surface area (Å²) in [4.78, 5) is 42.5. The molecule has 0 amide bonds. The van der Waals surface area contributed by atoms with Crippen molar-refractivity contribution < 1.29 is 4.79 Å². The fourth-order valence-electron chi connectivity index (χ4n) is 3.91. The van der Waals surface area contributed by atoms with Gasteiger partial charge in [-0.15, -0.1) is 0 Å². The zero-order valence-corrected chi connectivity index (χ0v) is 16.7. The van der Waals surface area contributed by atoms with Crippen LogP contribution in [0.4, 0.5) is 0 Å². The van der Waals surface area contributed by atoms with Crippen molar-refractivity contribution in [3.8, 4) is 0 Å². The Bertz CT molecular complexity index is 1140. The molecule has 29 heavy (non-hydrogen) atoms. The summed E-state index contributed by atoms with van der Waals surface area (Å²) in [5.74, 6) is 0.155. The summed E-state index contributed by atoms with van der Waals surface area (Å²) < 4.78 is 1.26. The molecule has 1 aliphatic heterocycles. The standard InChI is InChI=1S/C22H22ClN3O3/c23-17-7-5-15(6-8-17)20(27)16-9-11-25(12-10-16)13-14-26-21(28)18-3-1-2-4-19(18)24-22(26)29/h1-8,16H,9-14H2,(H,24,29). The second kappa shape index (κ2) is 8.35. The molecule has 2 aromatic carbocycles. The summed E-state index contributed by atoms with van der Waals surface area (Å²) in [5, 5.41) is 1.13. The van der Waals surface area contributed by atoms with Crippen molar-refractivity contribution in [2.24, 2.45) is 5.92 Å². The summed E-state index contributed by atoms with van der Waals surface area (Å²) in [6.45, 7) is 2.46. The van der Waals surface area contributed by atoms with Gasteiger partial charge >= 0.3 is 5.69 Å². The molecule has 0 atom stereocenters. The van der Waals surface area contributed by atoms with Gasteiger partial charge in [-0.05, 0) is 62.3 Å². The predicted octanol–water partition coefficient (Wildman–Crippen LogP) is 2.94. The number of aromatic amines is 1. The van der Waals surface area contributed by atoms with Crippen LogP contribution in [0.15, 0.2) is 58.1 Å². The Labute approximate surface area is 172 Å². The molecule has 4 rings (SSSR count). The number of fused-ring (bicyclic) bond motifs is 1. The van der Waals surface area contributed by atoms with Crippen LogP contribution in [0.5, 0.6) is 0 Å². The van der Waals surface area contributed by atoms with Gasteiger partial charge in [0.25, 0.3) is 5.56 Å². The van der Waals surface area contributed by atoms with Crippen LogP contribution < -0.4 is 11.2 Å². The molecular weight excluding hydrogens is 390 g/mol. The summed E-state index contributed by atoms with van der Waals surface area (Å²) in [7, 11) is 0. The van der Waals surface area contributed by atoms with Gasteiger partial charge in [0.2, 0.25) is 0 Å². The minimum atomic E-state index is -0.387. The van der Waals surface area contributed by atoms with Crippen molar-refractivity contribution in [2.75, 3.05) is 19.6 Å². The first-order valence-corrected chi connectivity index (χ1v) is 10.1. The lowest BCUT2D eigenvalue weighted by Gasteiger charge is -2.31. The molecule has 0 spiro atoms. The lowest BCUT2D eigenvalue weighted by atomic mass is 9.89. The fourth-order valence-corrected chi connectivity index (χ4v) is 4.04. The van der Waals surface area contributed by atoms with E-state index in [0.29, 0.717) is 34.6 Å². The zero-order valence-electron chi connectivity index (χ0n) is 15.9. The maximum absolute atomic E-state index is 12.7. The Balaban J connectivity index is 1.38. The Morgan fingerprint density at radius 2 is 1.69 bits per heavy atom. The number of halogens is 1. The average Bonchev–Trinajstić information content (AvgIpc) is 2.74.